The van der Waals surface area contributed by atoms with E-state index in [2.05, 4.69) is 10.1 Å². The average molecular weight is 336 g/mol. The number of aromatic nitrogens is 3. The Kier molecular flexibility index (Phi) is 4.32. The summed E-state index contributed by atoms with van der Waals surface area (Å²) in [6.45, 7) is 0.422. The molecule has 0 aliphatic heterocycles. The van der Waals surface area contributed by atoms with Crippen LogP contribution in [0, 0.1) is 0 Å². The van der Waals surface area contributed by atoms with Crippen LogP contribution in [0.25, 0.3) is 16.2 Å². The predicted octanol–water partition coefficient (Wildman–Crippen LogP) is 3.65. The van der Waals surface area contributed by atoms with Gasteiger partial charge in [-0.05, 0) is 18.2 Å². The van der Waals surface area contributed by atoms with Gasteiger partial charge in [-0.1, -0.05) is 34.5 Å². The number of benzene rings is 1. The van der Waals surface area contributed by atoms with Crippen LogP contribution in [-0.4, -0.2) is 14.6 Å². The number of nitrogens with zero attached hydrogens (tertiary/aromatic N) is 3. The van der Waals surface area contributed by atoms with Crippen molar-refractivity contribution in [3.63, 3.8) is 0 Å². The fraction of sp³-hybridized carbons (Fsp3) is 0.0909. The zero-order valence-electron chi connectivity index (χ0n) is 9.51. The third kappa shape index (κ3) is 2.70. The fourth-order valence-corrected chi connectivity index (χ4v) is 2.91. The predicted molar refractivity (Wildman–Crippen MR) is 81.5 cm³/mol. The molecule has 0 bridgehead atoms. The van der Waals surface area contributed by atoms with Crippen LogP contribution in [0.3, 0.4) is 0 Å². The first kappa shape index (κ1) is 14.6. The topological polar surface area (TPSA) is 56.2 Å². The fourth-order valence-electron chi connectivity index (χ4n) is 1.65. The number of hydrogen-bond acceptors (Lipinski definition) is 4. The molecule has 0 saturated carbocycles. The van der Waals surface area contributed by atoms with Gasteiger partial charge in [0.1, 0.15) is 5.01 Å². The van der Waals surface area contributed by atoms with E-state index in [9.17, 15) is 0 Å². The van der Waals surface area contributed by atoms with Gasteiger partial charge < -0.3 is 5.73 Å². The van der Waals surface area contributed by atoms with Gasteiger partial charge in [0.2, 0.25) is 4.96 Å². The summed E-state index contributed by atoms with van der Waals surface area (Å²) in [5, 5.41) is 6.34. The van der Waals surface area contributed by atoms with Crippen molar-refractivity contribution in [2.24, 2.45) is 5.73 Å². The van der Waals surface area contributed by atoms with Gasteiger partial charge in [0, 0.05) is 17.1 Å². The minimum Gasteiger partial charge on any atom is -0.324 e. The van der Waals surface area contributed by atoms with Crippen LogP contribution in [0.15, 0.2) is 24.4 Å². The minimum atomic E-state index is 0. The van der Waals surface area contributed by atoms with Gasteiger partial charge >= 0.3 is 0 Å². The Labute approximate surface area is 129 Å². The maximum absolute atomic E-state index is 6.15. The number of halogens is 3. The van der Waals surface area contributed by atoms with Gasteiger partial charge in [-0.2, -0.15) is 5.10 Å². The molecule has 0 amide bonds. The highest BCUT2D eigenvalue weighted by molar-refractivity contribution is 7.16. The van der Waals surface area contributed by atoms with Crippen molar-refractivity contribution >= 4 is 51.9 Å². The summed E-state index contributed by atoms with van der Waals surface area (Å²) in [6.07, 6.45) is 1.83. The molecule has 4 nitrogen and oxygen atoms in total. The first-order chi connectivity index (χ1) is 8.67. The largest absolute Gasteiger partial charge is 0.324 e. The molecule has 2 N–H and O–H groups in total. The number of imidazole rings is 1. The van der Waals surface area contributed by atoms with E-state index in [0.29, 0.717) is 16.6 Å². The van der Waals surface area contributed by atoms with Gasteiger partial charge in [-0.3, -0.25) is 0 Å². The van der Waals surface area contributed by atoms with E-state index < -0.39 is 0 Å². The average Bonchev–Trinajstić information content (AvgIpc) is 2.86. The molecule has 0 spiro atoms. The maximum Gasteiger partial charge on any atom is 0.212 e. The Morgan fingerprint density at radius 1 is 1.32 bits per heavy atom. The number of nitrogens with two attached hydrogens (primary N) is 1. The lowest BCUT2D eigenvalue weighted by Crippen LogP contribution is -1.95. The van der Waals surface area contributed by atoms with Gasteiger partial charge in [0.25, 0.3) is 0 Å². The van der Waals surface area contributed by atoms with Crippen LogP contribution < -0.4 is 5.73 Å². The second kappa shape index (κ2) is 5.64. The minimum absolute atomic E-state index is 0. The molecular weight excluding hydrogens is 327 g/mol. The maximum atomic E-state index is 6.15. The van der Waals surface area contributed by atoms with Crippen molar-refractivity contribution in [1.82, 2.24) is 14.6 Å². The standard InChI is InChI=1S/C11H8Cl2N4S.ClH/c12-6-1-2-7(8(13)3-6)9-5-17-11(15-9)18-10(4-14)16-17;/h1-3,5H,4,14H2;1H. The molecule has 0 atom stereocenters. The molecule has 2 heterocycles. The second-order valence-corrected chi connectivity index (χ2v) is 5.56. The van der Waals surface area contributed by atoms with E-state index in [1.165, 1.54) is 11.3 Å². The van der Waals surface area contributed by atoms with E-state index in [4.69, 9.17) is 28.9 Å². The van der Waals surface area contributed by atoms with Gasteiger partial charge in [0.15, 0.2) is 0 Å². The highest BCUT2D eigenvalue weighted by Crippen LogP contribution is 2.30. The molecule has 1 aromatic carbocycles. The molecule has 0 aliphatic carbocycles. The summed E-state index contributed by atoms with van der Waals surface area (Å²) in [6, 6.07) is 5.33. The molecule has 0 unspecified atom stereocenters. The Bertz CT molecular complexity index is 690. The van der Waals surface area contributed by atoms with Gasteiger partial charge in [0.05, 0.1) is 16.9 Å². The molecule has 3 aromatic rings. The molecule has 8 heteroatoms. The molecule has 100 valence electrons. The Balaban J connectivity index is 0.00000133. The molecule has 19 heavy (non-hydrogen) atoms. The van der Waals surface area contributed by atoms with Crippen LogP contribution in [0.2, 0.25) is 10.0 Å². The lowest BCUT2D eigenvalue weighted by atomic mass is 10.2. The van der Waals surface area contributed by atoms with Gasteiger partial charge in [-0.25, -0.2) is 9.50 Å². The number of rotatable bonds is 2. The van der Waals surface area contributed by atoms with E-state index in [0.717, 1.165) is 21.2 Å². The van der Waals surface area contributed by atoms with Crippen molar-refractivity contribution in [3.05, 3.63) is 39.4 Å². The molecule has 2 aromatic heterocycles. The molecule has 0 fully saturated rings. The summed E-state index contributed by atoms with van der Waals surface area (Å²) >= 11 is 13.5. The summed E-state index contributed by atoms with van der Waals surface area (Å²) in [5.41, 5.74) is 7.15. The van der Waals surface area contributed by atoms with Crippen LogP contribution in [0.4, 0.5) is 0 Å². The molecule has 0 aliphatic rings. The van der Waals surface area contributed by atoms with E-state index in [1.54, 1.807) is 16.6 Å². The number of fused-ring (bicyclic) bond motifs is 1. The highest BCUT2D eigenvalue weighted by Gasteiger charge is 2.11. The summed E-state index contributed by atoms with van der Waals surface area (Å²) < 4.78 is 1.72. The lowest BCUT2D eigenvalue weighted by Gasteiger charge is -2.00. The molecule has 0 radical (unpaired) electrons. The zero-order chi connectivity index (χ0) is 12.7. The van der Waals surface area contributed by atoms with Crippen molar-refractivity contribution < 1.29 is 0 Å². The van der Waals surface area contributed by atoms with E-state index in [1.807, 2.05) is 12.3 Å². The summed E-state index contributed by atoms with van der Waals surface area (Å²) in [4.78, 5) is 5.28. The Morgan fingerprint density at radius 2 is 2.11 bits per heavy atom. The normalized spacial score (nSPS) is 10.7. The summed E-state index contributed by atoms with van der Waals surface area (Å²) in [5.74, 6) is 0. The third-order valence-corrected chi connectivity index (χ3v) is 3.96. The van der Waals surface area contributed by atoms with Gasteiger partial charge in [-0.15, -0.1) is 12.4 Å². The third-order valence-electron chi connectivity index (χ3n) is 2.47. The van der Waals surface area contributed by atoms with Crippen molar-refractivity contribution in [2.75, 3.05) is 0 Å². The number of hydrogen-bond donors (Lipinski definition) is 1. The zero-order valence-corrected chi connectivity index (χ0v) is 12.7. The van der Waals surface area contributed by atoms with Crippen molar-refractivity contribution in [3.8, 4) is 11.3 Å². The molecular formula is C11H9Cl3N4S. The van der Waals surface area contributed by atoms with E-state index in [-0.39, 0.29) is 12.4 Å². The van der Waals surface area contributed by atoms with Crippen molar-refractivity contribution in [2.45, 2.75) is 6.54 Å². The smallest absolute Gasteiger partial charge is 0.212 e. The first-order valence-corrected chi connectivity index (χ1v) is 6.75. The van der Waals surface area contributed by atoms with Crippen molar-refractivity contribution in [1.29, 1.82) is 0 Å². The van der Waals surface area contributed by atoms with Crippen LogP contribution in [0.1, 0.15) is 5.01 Å². The second-order valence-electron chi connectivity index (χ2n) is 3.68. The first-order valence-electron chi connectivity index (χ1n) is 5.18. The lowest BCUT2D eigenvalue weighted by molar-refractivity contribution is 0.897. The SMILES string of the molecule is Cl.NCc1nn2cc(-c3ccc(Cl)cc3Cl)nc2s1. The Hall–Kier alpha value is -0.850. The van der Waals surface area contributed by atoms with E-state index >= 15 is 0 Å². The van der Waals surface area contributed by atoms with Crippen LogP contribution >= 0.6 is 46.9 Å². The quantitative estimate of drug-likeness (QED) is 0.778. The highest BCUT2D eigenvalue weighted by atomic mass is 35.5. The monoisotopic (exact) mass is 334 g/mol. The summed E-state index contributed by atoms with van der Waals surface area (Å²) in [7, 11) is 0. The van der Waals surface area contributed by atoms with Crippen LogP contribution in [0.5, 0.6) is 0 Å². The molecule has 3 rings (SSSR count). The molecule has 0 saturated heterocycles. The Morgan fingerprint density at radius 3 is 2.74 bits per heavy atom. The van der Waals surface area contributed by atoms with Crippen LogP contribution in [-0.2, 0) is 6.54 Å².